The van der Waals surface area contributed by atoms with E-state index in [1.165, 1.54) is 12.4 Å². The van der Waals surface area contributed by atoms with Gasteiger partial charge in [0.2, 0.25) is 0 Å². The number of nitrogens with one attached hydrogen (secondary N) is 1. The van der Waals surface area contributed by atoms with Gasteiger partial charge in [0.25, 0.3) is 0 Å². The minimum atomic E-state index is -1.12. The molecular weight excluding hydrogens is 246 g/mol. The largest absolute Gasteiger partial charge is 0.496 e. The van der Waals surface area contributed by atoms with Crippen molar-refractivity contribution in [2.24, 2.45) is 0 Å². The van der Waals surface area contributed by atoms with Crippen LogP contribution in [0.25, 0.3) is 0 Å². The van der Waals surface area contributed by atoms with Crippen LogP contribution < -0.4 is 10.1 Å². The molecule has 0 radical (unpaired) electrons. The fraction of sp³-hybridized carbons (Fsp3) is 0.154. The Labute approximate surface area is 110 Å². The van der Waals surface area contributed by atoms with Gasteiger partial charge >= 0.3 is 5.97 Å². The van der Waals surface area contributed by atoms with Crippen LogP contribution in [0.5, 0.6) is 5.75 Å². The zero-order valence-corrected chi connectivity index (χ0v) is 10.3. The zero-order valence-electron chi connectivity index (χ0n) is 10.3. The molecule has 2 aromatic rings. The van der Waals surface area contributed by atoms with E-state index in [9.17, 15) is 4.79 Å². The Morgan fingerprint density at radius 2 is 2.05 bits per heavy atom. The van der Waals surface area contributed by atoms with Crippen LogP contribution >= 0.6 is 0 Å². The van der Waals surface area contributed by atoms with Crippen molar-refractivity contribution >= 4 is 11.8 Å². The molecule has 0 fully saturated rings. The third-order valence-corrected chi connectivity index (χ3v) is 2.54. The van der Waals surface area contributed by atoms with Crippen molar-refractivity contribution in [1.29, 1.82) is 0 Å². The van der Waals surface area contributed by atoms with Crippen LogP contribution in [0.15, 0.2) is 36.7 Å². The van der Waals surface area contributed by atoms with Crippen LogP contribution in [0.3, 0.4) is 0 Å². The highest BCUT2D eigenvalue weighted by Gasteiger charge is 2.12. The molecule has 1 aromatic heterocycles. The Bertz CT molecular complexity index is 587. The quantitative estimate of drug-likeness (QED) is 0.851. The van der Waals surface area contributed by atoms with Crippen LogP contribution in [-0.2, 0) is 6.54 Å². The number of carbonyl (C=O) groups is 1. The Kier molecular flexibility index (Phi) is 3.92. The van der Waals surface area contributed by atoms with Gasteiger partial charge in [-0.15, -0.1) is 0 Å². The smallest absolute Gasteiger partial charge is 0.358 e. The number of para-hydroxylation sites is 1. The van der Waals surface area contributed by atoms with Crippen molar-refractivity contribution in [1.82, 2.24) is 9.97 Å². The molecule has 0 saturated heterocycles. The highest BCUT2D eigenvalue weighted by atomic mass is 16.5. The number of anilines is 1. The molecule has 6 heteroatoms. The number of benzene rings is 1. The van der Waals surface area contributed by atoms with Crippen LogP contribution in [0.4, 0.5) is 5.82 Å². The predicted molar refractivity (Wildman–Crippen MR) is 69.3 cm³/mol. The molecule has 6 nitrogen and oxygen atoms in total. The summed E-state index contributed by atoms with van der Waals surface area (Å²) in [7, 11) is 1.59. The van der Waals surface area contributed by atoms with E-state index >= 15 is 0 Å². The lowest BCUT2D eigenvalue weighted by atomic mass is 10.2. The number of hydrogen-bond donors (Lipinski definition) is 2. The van der Waals surface area contributed by atoms with Gasteiger partial charge in [-0.2, -0.15) is 0 Å². The minimum Gasteiger partial charge on any atom is -0.496 e. The number of aromatic nitrogens is 2. The highest BCUT2D eigenvalue weighted by molar-refractivity contribution is 5.90. The van der Waals surface area contributed by atoms with Gasteiger partial charge in [-0.25, -0.2) is 14.8 Å². The number of ether oxygens (including phenoxy) is 1. The standard InChI is InChI=1S/C13H13N3O3/c1-19-10-5-3-2-4-9(10)8-16-12-11(13(17)18)14-6-7-15-12/h2-7H,8H2,1H3,(H,15,16)(H,17,18). The molecule has 0 aliphatic heterocycles. The van der Waals surface area contributed by atoms with Gasteiger partial charge in [0.15, 0.2) is 11.5 Å². The molecule has 2 N–H and O–H groups in total. The number of aromatic carboxylic acids is 1. The second kappa shape index (κ2) is 5.81. The van der Waals surface area contributed by atoms with E-state index in [1.807, 2.05) is 24.3 Å². The monoisotopic (exact) mass is 259 g/mol. The fourth-order valence-corrected chi connectivity index (χ4v) is 1.65. The zero-order chi connectivity index (χ0) is 13.7. The van der Waals surface area contributed by atoms with Gasteiger partial charge in [0.05, 0.1) is 7.11 Å². The molecule has 0 unspecified atom stereocenters. The number of hydrogen-bond acceptors (Lipinski definition) is 5. The summed E-state index contributed by atoms with van der Waals surface area (Å²) in [6.45, 7) is 0.406. The lowest BCUT2D eigenvalue weighted by Gasteiger charge is -2.10. The lowest BCUT2D eigenvalue weighted by molar-refractivity contribution is 0.0691. The van der Waals surface area contributed by atoms with E-state index in [-0.39, 0.29) is 11.5 Å². The third-order valence-electron chi connectivity index (χ3n) is 2.54. The van der Waals surface area contributed by atoms with E-state index in [0.29, 0.717) is 6.54 Å². The second-order valence-corrected chi connectivity index (χ2v) is 3.72. The maximum atomic E-state index is 11.0. The van der Waals surface area contributed by atoms with Gasteiger partial charge < -0.3 is 15.2 Å². The van der Waals surface area contributed by atoms with Crippen LogP contribution in [0, 0.1) is 0 Å². The Hall–Kier alpha value is -2.63. The second-order valence-electron chi connectivity index (χ2n) is 3.72. The van der Waals surface area contributed by atoms with Gasteiger partial charge in [-0.05, 0) is 6.07 Å². The van der Waals surface area contributed by atoms with E-state index in [1.54, 1.807) is 7.11 Å². The summed E-state index contributed by atoms with van der Waals surface area (Å²) in [5.41, 5.74) is 0.810. The Balaban J connectivity index is 2.17. The van der Waals surface area contributed by atoms with E-state index in [4.69, 9.17) is 9.84 Å². The summed E-state index contributed by atoms with van der Waals surface area (Å²) in [4.78, 5) is 18.7. The Morgan fingerprint density at radius 3 is 2.79 bits per heavy atom. The molecular formula is C13H13N3O3. The summed E-state index contributed by atoms with van der Waals surface area (Å²) in [5.74, 6) is -0.146. The first kappa shape index (κ1) is 12.8. The van der Waals surface area contributed by atoms with Crippen LogP contribution in [-0.4, -0.2) is 28.2 Å². The van der Waals surface area contributed by atoms with Crippen LogP contribution in [0.2, 0.25) is 0 Å². The van der Waals surface area contributed by atoms with Gasteiger partial charge in [0, 0.05) is 24.5 Å². The molecule has 0 bridgehead atoms. The summed E-state index contributed by atoms with van der Waals surface area (Å²) < 4.78 is 5.22. The first-order chi connectivity index (χ1) is 9.22. The average Bonchev–Trinajstić information content (AvgIpc) is 2.45. The maximum Gasteiger partial charge on any atom is 0.358 e. The number of methoxy groups -OCH3 is 1. The molecule has 0 saturated carbocycles. The molecule has 0 aliphatic rings. The molecule has 2 rings (SSSR count). The predicted octanol–water partition coefficient (Wildman–Crippen LogP) is 1.80. The number of nitrogens with zero attached hydrogens (tertiary/aromatic N) is 2. The SMILES string of the molecule is COc1ccccc1CNc1nccnc1C(=O)O. The van der Waals surface area contributed by atoms with Crippen molar-refractivity contribution in [3.05, 3.63) is 47.9 Å². The molecule has 0 aliphatic carbocycles. The van der Waals surface area contributed by atoms with Crippen molar-refractivity contribution in [2.45, 2.75) is 6.54 Å². The normalized spacial score (nSPS) is 9.95. The average molecular weight is 259 g/mol. The topological polar surface area (TPSA) is 84.3 Å². The summed E-state index contributed by atoms with van der Waals surface area (Å²) in [5, 5.41) is 11.9. The number of rotatable bonds is 5. The fourth-order valence-electron chi connectivity index (χ4n) is 1.65. The first-order valence-corrected chi connectivity index (χ1v) is 5.62. The third kappa shape index (κ3) is 2.98. The van der Waals surface area contributed by atoms with Crippen molar-refractivity contribution in [3.8, 4) is 5.75 Å². The van der Waals surface area contributed by atoms with E-state index in [0.717, 1.165) is 11.3 Å². The molecule has 98 valence electrons. The highest BCUT2D eigenvalue weighted by Crippen LogP contribution is 2.19. The van der Waals surface area contributed by atoms with E-state index < -0.39 is 5.97 Å². The summed E-state index contributed by atoms with van der Waals surface area (Å²) >= 11 is 0. The van der Waals surface area contributed by atoms with E-state index in [2.05, 4.69) is 15.3 Å². The number of carboxylic acid groups (broad SMARTS) is 1. The van der Waals surface area contributed by atoms with Gasteiger partial charge in [0.1, 0.15) is 5.75 Å². The molecule has 0 atom stereocenters. The lowest BCUT2D eigenvalue weighted by Crippen LogP contribution is -2.10. The van der Waals surface area contributed by atoms with Crippen molar-refractivity contribution in [2.75, 3.05) is 12.4 Å². The summed E-state index contributed by atoms with van der Waals surface area (Å²) in [6, 6.07) is 7.48. The molecule has 19 heavy (non-hydrogen) atoms. The molecule has 0 amide bonds. The Morgan fingerprint density at radius 1 is 1.32 bits per heavy atom. The molecule has 1 aromatic carbocycles. The minimum absolute atomic E-state index is 0.0996. The summed E-state index contributed by atoms with van der Waals surface area (Å²) in [6.07, 6.45) is 2.79. The van der Waals surface area contributed by atoms with Gasteiger partial charge in [-0.3, -0.25) is 0 Å². The molecule has 1 heterocycles. The maximum absolute atomic E-state index is 11.0. The van der Waals surface area contributed by atoms with Crippen molar-refractivity contribution in [3.63, 3.8) is 0 Å². The van der Waals surface area contributed by atoms with Crippen LogP contribution in [0.1, 0.15) is 16.1 Å². The molecule has 0 spiro atoms. The van der Waals surface area contributed by atoms with Gasteiger partial charge in [-0.1, -0.05) is 18.2 Å². The van der Waals surface area contributed by atoms with Crippen molar-refractivity contribution < 1.29 is 14.6 Å². The number of carboxylic acids is 1. The first-order valence-electron chi connectivity index (χ1n) is 5.62.